The van der Waals surface area contributed by atoms with Crippen LogP contribution in [0.5, 0.6) is 0 Å². The Morgan fingerprint density at radius 2 is 1.61 bits per heavy atom. The summed E-state index contributed by atoms with van der Waals surface area (Å²) in [6, 6.07) is 15.6. The summed E-state index contributed by atoms with van der Waals surface area (Å²) >= 11 is 0. The third kappa shape index (κ3) is 13.3. The summed E-state index contributed by atoms with van der Waals surface area (Å²) in [5.74, 6) is -2.86. The summed E-state index contributed by atoms with van der Waals surface area (Å²) in [4.78, 5) is 38.9. The van der Waals surface area contributed by atoms with E-state index in [9.17, 15) is 28.0 Å². The zero-order chi connectivity index (χ0) is 34.3. The summed E-state index contributed by atoms with van der Waals surface area (Å²) in [6.07, 6.45) is 7.36. The molecule has 0 unspecified atom stereocenters. The number of hydrazine groups is 1. The summed E-state index contributed by atoms with van der Waals surface area (Å²) < 4.78 is 30.9. The Hall–Kier alpha value is -4.40. The van der Waals surface area contributed by atoms with Crippen molar-refractivity contribution >= 4 is 33.9 Å². The number of hydrogen-bond donors (Lipinski definition) is 4. The minimum Gasteiger partial charge on any atom is -0.289 e. The smallest absolute Gasteiger partial charge is 0.289 e. The number of nitrogens with one attached hydrogen (secondary N) is 2. The Morgan fingerprint density at radius 1 is 0.957 bits per heavy atom. The number of carbonyl (C=O) groups excluding carboxylic acids is 3. The van der Waals surface area contributed by atoms with Crippen LogP contribution in [-0.2, 0) is 31.0 Å². The van der Waals surface area contributed by atoms with Crippen LogP contribution in [0.25, 0.3) is 6.08 Å². The Balaban J connectivity index is 0.000000562. The van der Waals surface area contributed by atoms with Crippen LogP contribution in [0.3, 0.4) is 0 Å². The van der Waals surface area contributed by atoms with E-state index >= 15 is 0 Å². The van der Waals surface area contributed by atoms with E-state index in [-0.39, 0.29) is 35.6 Å². The summed E-state index contributed by atoms with van der Waals surface area (Å²) in [7, 11) is -4.02. The SMILES string of the molecule is CC(C)C[C@@H](C(=O)NN(CC(C)C)C(=O)Cn1ccnn1)[C@H](C/C=C/c1ccccc1)C(=O)NO.Cc1ccc(S(=O)(=O)O)cc1. The lowest BCUT2D eigenvalue weighted by atomic mass is 9.82. The second-order valence-electron chi connectivity index (χ2n) is 11.6. The Morgan fingerprint density at radius 3 is 2.13 bits per heavy atom. The van der Waals surface area contributed by atoms with E-state index < -0.39 is 33.8 Å². The van der Waals surface area contributed by atoms with E-state index in [2.05, 4.69) is 15.7 Å². The lowest BCUT2D eigenvalue weighted by molar-refractivity contribution is -0.148. The van der Waals surface area contributed by atoms with Gasteiger partial charge in [-0.3, -0.25) is 34.6 Å². The van der Waals surface area contributed by atoms with Crippen molar-refractivity contribution in [2.75, 3.05) is 6.54 Å². The second-order valence-corrected chi connectivity index (χ2v) is 13.1. The molecule has 14 heteroatoms. The molecular weight excluding hydrogens is 612 g/mol. The molecule has 0 radical (unpaired) electrons. The number of rotatable bonds is 13. The third-order valence-corrected chi connectivity index (χ3v) is 7.54. The van der Waals surface area contributed by atoms with E-state index in [1.54, 1.807) is 23.8 Å². The van der Waals surface area contributed by atoms with Crippen molar-refractivity contribution in [1.29, 1.82) is 0 Å². The van der Waals surface area contributed by atoms with Gasteiger partial charge in [0.15, 0.2) is 0 Å². The Bertz CT molecular complexity index is 1510. The van der Waals surface area contributed by atoms with Crippen LogP contribution in [-0.4, -0.2) is 62.4 Å². The van der Waals surface area contributed by atoms with Crippen molar-refractivity contribution in [2.24, 2.45) is 23.7 Å². The molecule has 46 heavy (non-hydrogen) atoms. The molecule has 0 bridgehead atoms. The predicted molar refractivity (Wildman–Crippen MR) is 172 cm³/mol. The van der Waals surface area contributed by atoms with Crippen LogP contribution < -0.4 is 10.9 Å². The zero-order valence-corrected chi connectivity index (χ0v) is 27.6. The first-order chi connectivity index (χ1) is 21.7. The largest absolute Gasteiger partial charge is 0.294 e. The molecule has 13 nitrogen and oxygen atoms in total. The van der Waals surface area contributed by atoms with Gasteiger partial charge in [-0.1, -0.05) is 93.1 Å². The molecule has 0 aliphatic heterocycles. The molecule has 0 spiro atoms. The molecule has 0 aliphatic rings. The molecule has 3 amide bonds. The first-order valence-electron chi connectivity index (χ1n) is 14.9. The molecule has 250 valence electrons. The maximum absolute atomic E-state index is 13.4. The number of aromatic nitrogens is 3. The van der Waals surface area contributed by atoms with Crippen molar-refractivity contribution < 1.29 is 32.6 Å². The molecule has 0 saturated carbocycles. The highest BCUT2D eigenvalue weighted by atomic mass is 32.2. The number of benzene rings is 2. The number of allylic oxidation sites excluding steroid dienone is 1. The lowest BCUT2D eigenvalue weighted by Gasteiger charge is -2.30. The van der Waals surface area contributed by atoms with Gasteiger partial charge in [0.25, 0.3) is 16.0 Å². The number of nitrogens with zero attached hydrogens (tertiary/aromatic N) is 4. The van der Waals surface area contributed by atoms with Gasteiger partial charge in [-0.2, -0.15) is 8.42 Å². The van der Waals surface area contributed by atoms with Crippen molar-refractivity contribution in [3.8, 4) is 0 Å². The van der Waals surface area contributed by atoms with Gasteiger partial charge in [0, 0.05) is 12.7 Å². The number of aryl methyl sites for hydroxylation is 1. The molecule has 1 heterocycles. The number of hydrogen-bond acceptors (Lipinski definition) is 8. The highest BCUT2D eigenvalue weighted by Gasteiger charge is 2.35. The molecule has 2 atom stereocenters. The molecule has 3 aromatic rings. The summed E-state index contributed by atoms with van der Waals surface area (Å²) in [5, 5.41) is 18.2. The van der Waals surface area contributed by atoms with Crippen molar-refractivity contribution in [2.45, 2.75) is 58.9 Å². The molecule has 0 saturated heterocycles. The van der Waals surface area contributed by atoms with Crippen LogP contribution >= 0.6 is 0 Å². The van der Waals surface area contributed by atoms with E-state index in [0.29, 0.717) is 13.0 Å². The molecule has 3 rings (SSSR count). The van der Waals surface area contributed by atoms with Crippen LogP contribution in [0.1, 0.15) is 51.7 Å². The van der Waals surface area contributed by atoms with Crippen LogP contribution in [0.2, 0.25) is 0 Å². The second kappa shape index (κ2) is 18.5. The van der Waals surface area contributed by atoms with Gasteiger partial charge >= 0.3 is 0 Å². The van der Waals surface area contributed by atoms with Gasteiger partial charge in [-0.15, -0.1) is 5.10 Å². The monoisotopic (exact) mass is 656 g/mol. The predicted octanol–water partition coefficient (Wildman–Crippen LogP) is 3.92. The van der Waals surface area contributed by atoms with E-state index in [4.69, 9.17) is 4.55 Å². The molecule has 4 N–H and O–H groups in total. The highest BCUT2D eigenvalue weighted by molar-refractivity contribution is 7.85. The number of carbonyl (C=O) groups is 3. The zero-order valence-electron chi connectivity index (χ0n) is 26.8. The van der Waals surface area contributed by atoms with Crippen molar-refractivity contribution in [3.05, 3.63) is 84.2 Å². The summed E-state index contributed by atoms with van der Waals surface area (Å²) in [5.41, 5.74) is 6.36. The fourth-order valence-electron chi connectivity index (χ4n) is 4.46. The third-order valence-electron chi connectivity index (χ3n) is 6.68. The molecule has 1 aromatic heterocycles. The maximum atomic E-state index is 13.4. The normalized spacial score (nSPS) is 12.7. The first kappa shape index (κ1) is 37.8. The van der Waals surface area contributed by atoms with Gasteiger partial charge in [0.05, 0.1) is 22.9 Å². The number of amides is 3. The van der Waals surface area contributed by atoms with Crippen LogP contribution in [0, 0.1) is 30.6 Å². The minimum absolute atomic E-state index is 0.0666. The standard InChI is InChI=1S/C25H36N6O4.C7H8O3S/c1-18(2)15-22(21(25(34)28-35)12-8-11-20-9-6-5-7-10-20)24(33)27-31(16-19(3)4)23(32)17-30-14-13-26-29-30;1-6-2-4-7(5-3-6)11(8,9)10/h5-11,13-14,18-19,21-22,35H,12,15-17H2,1-4H3,(H,27,33)(H,28,34);2-5H,1H3,(H,8,9,10)/b11-8+;/t21-,22+;/m0./s1. The van der Waals surface area contributed by atoms with E-state index in [1.807, 2.05) is 77.1 Å². The van der Waals surface area contributed by atoms with E-state index in [1.165, 1.54) is 28.0 Å². The molecule has 0 aliphatic carbocycles. The van der Waals surface area contributed by atoms with Gasteiger partial charge in [-0.25, -0.2) is 10.2 Å². The van der Waals surface area contributed by atoms with E-state index in [0.717, 1.165) is 11.1 Å². The molecule has 0 fully saturated rings. The van der Waals surface area contributed by atoms with Crippen LogP contribution in [0.15, 0.2) is 78.0 Å². The average molecular weight is 657 g/mol. The fourth-order valence-corrected chi connectivity index (χ4v) is 4.94. The van der Waals surface area contributed by atoms with Crippen molar-refractivity contribution in [1.82, 2.24) is 30.9 Å². The van der Waals surface area contributed by atoms with Gasteiger partial charge in [-0.05, 0) is 49.3 Å². The molecule has 2 aromatic carbocycles. The van der Waals surface area contributed by atoms with Crippen molar-refractivity contribution in [3.63, 3.8) is 0 Å². The first-order valence-corrected chi connectivity index (χ1v) is 16.3. The fraction of sp³-hybridized carbons (Fsp3) is 0.406. The topological polar surface area (TPSA) is 184 Å². The Kier molecular flexibility index (Phi) is 15.2. The van der Waals surface area contributed by atoms with Gasteiger partial charge in [0.1, 0.15) is 6.54 Å². The summed E-state index contributed by atoms with van der Waals surface area (Å²) in [6.45, 7) is 9.83. The lowest BCUT2D eigenvalue weighted by Crippen LogP contribution is -2.53. The highest BCUT2D eigenvalue weighted by Crippen LogP contribution is 2.26. The van der Waals surface area contributed by atoms with Gasteiger partial charge in [0.2, 0.25) is 11.8 Å². The number of hydroxylamine groups is 1. The van der Waals surface area contributed by atoms with Crippen LogP contribution in [0.4, 0.5) is 0 Å². The van der Waals surface area contributed by atoms with Gasteiger partial charge < -0.3 is 0 Å². The molecular formula is C32H44N6O7S. The minimum atomic E-state index is -4.02. The maximum Gasteiger partial charge on any atom is 0.294 e. The average Bonchev–Trinajstić information content (AvgIpc) is 3.51. The quantitative estimate of drug-likeness (QED) is 0.120. The Labute approximate surface area is 270 Å².